The van der Waals surface area contributed by atoms with E-state index in [4.69, 9.17) is 25.8 Å². The molecule has 0 spiro atoms. The summed E-state index contributed by atoms with van der Waals surface area (Å²) in [6.07, 6.45) is 1.79. The standard InChI is InChI=1S/C20H19ClN2O4/c1-25-16-7-12(8-17(26-2)20(16)27-3)9-18(24)23-15-11-14(21)10-13-5-4-6-22-19(13)15/h4-8,10-11H,9H2,1-3H3,(H,23,24). The van der Waals surface area contributed by atoms with E-state index in [-0.39, 0.29) is 12.3 Å². The van der Waals surface area contributed by atoms with E-state index in [1.54, 1.807) is 30.5 Å². The Balaban J connectivity index is 1.87. The number of anilines is 1. The van der Waals surface area contributed by atoms with Crippen molar-refractivity contribution in [3.8, 4) is 17.2 Å². The second-order valence-electron chi connectivity index (χ2n) is 5.79. The van der Waals surface area contributed by atoms with Crippen LogP contribution in [0.4, 0.5) is 5.69 Å². The van der Waals surface area contributed by atoms with E-state index in [0.717, 1.165) is 10.9 Å². The number of aromatic nitrogens is 1. The Kier molecular flexibility index (Phi) is 5.66. The number of hydrogen-bond donors (Lipinski definition) is 1. The molecule has 0 aliphatic carbocycles. The van der Waals surface area contributed by atoms with Crippen molar-refractivity contribution in [2.24, 2.45) is 0 Å². The van der Waals surface area contributed by atoms with Crippen LogP contribution in [-0.2, 0) is 11.2 Å². The Hall–Kier alpha value is -2.99. The predicted molar refractivity (Wildman–Crippen MR) is 105 cm³/mol. The highest BCUT2D eigenvalue weighted by Crippen LogP contribution is 2.38. The highest BCUT2D eigenvalue weighted by Gasteiger charge is 2.16. The molecule has 27 heavy (non-hydrogen) atoms. The molecule has 140 valence electrons. The lowest BCUT2D eigenvalue weighted by Crippen LogP contribution is -2.15. The molecule has 1 amide bonds. The number of ether oxygens (including phenoxy) is 3. The summed E-state index contributed by atoms with van der Waals surface area (Å²) in [4.78, 5) is 16.9. The molecule has 0 unspecified atom stereocenters. The van der Waals surface area contributed by atoms with Gasteiger partial charge in [0, 0.05) is 16.6 Å². The van der Waals surface area contributed by atoms with Gasteiger partial charge in [0.15, 0.2) is 11.5 Å². The van der Waals surface area contributed by atoms with Crippen molar-refractivity contribution in [2.45, 2.75) is 6.42 Å². The van der Waals surface area contributed by atoms with Gasteiger partial charge in [-0.1, -0.05) is 17.7 Å². The maximum atomic E-state index is 12.6. The van der Waals surface area contributed by atoms with Crippen molar-refractivity contribution in [2.75, 3.05) is 26.6 Å². The zero-order valence-electron chi connectivity index (χ0n) is 15.2. The second kappa shape index (κ2) is 8.14. The number of pyridine rings is 1. The predicted octanol–water partition coefficient (Wildman–Crippen LogP) is 4.10. The topological polar surface area (TPSA) is 69.7 Å². The average molecular weight is 387 g/mol. The minimum Gasteiger partial charge on any atom is -0.493 e. The molecule has 0 saturated heterocycles. The van der Waals surface area contributed by atoms with Crippen LogP contribution in [0.5, 0.6) is 17.2 Å². The summed E-state index contributed by atoms with van der Waals surface area (Å²) in [5, 5.41) is 4.26. The van der Waals surface area contributed by atoms with Gasteiger partial charge >= 0.3 is 0 Å². The van der Waals surface area contributed by atoms with E-state index < -0.39 is 0 Å². The van der Waals surface area contributed by atoms with Crippen LogP contribution in [0.2, 0.25) is 5.02 Å². The first-order valence-electron chi connectivity index (χ1n) is 8.18. The fourth-order valence-corrected chi connectivity index (χ4v) is 3.09. The minimum atomic E-state index is -0.210. The van der Waals surface area contributed by atoms with E-state index in [0.29, 0.717) is 33.5 Å². The van der Waals surface area contributed by atoms with Gasteiger partial charge in [0.05, 0.1) is 39.0 Å². The number of nitrogens with zero attached hydrogens (tertiary/aromatic N) is 1. The van der Waals surface area contributed by atoms with Crippen LogP contribution in [-0.4, -0.2) is 32.2 Å². The van der Waals surface area contributed by atoms with Gasteiger partial charge in [-0.25, -0.2) is 0 Å². The van der Waals surface area contributed by atoms with E-state index in [1.807, 2.05) is 12.1 Å². The molecule has 0 fully saturated rings. The number of halogens is 1. The molecule has 0 atom stereocenters. The molecule has 1 N–H and O–H groups in total. The van der Waals surface area contributed by atoms with E-state index in [9.17, 15) is 4.79 Å². The van der Waals surface area contributed by atoms with Crippen LogP contribution in [0.25, 0.3) is 10.9 Å². The highest BCUT2D eigenvalue weighted by molar-refractivity contribution is 6.32. The van der Waals surface area contributed by atoms with Crippen LogP contribution in [0.3, 0.4) is 0 Å². The highest BCUT2D eigenvalue weighted by atomic mass is 35.5. The number of methoxy groups -OCH3 is 3. The SMILES string of the molecule is COc1cc(CC(=O)Nc2cc(Cl)cc3cccnc23)cc(OC)c1OC. The number of hydrogen-bond acceptors (Lipinski definition) is 5. The first-order valence-corrected chi connectivity index (χ1v) is 8.56. The zero-order valence-corrected chi connectivity index (χ0v) is 16.0. The van der Waals surface area contributed by atoms with Gasteiger partial charge in [-0.15, -0.1) is 0 Å². The first-order chi connectivity index (χ1) is 13.0. The monoisotopic (exact) mass is 386 g/mol. The number of nitrogens with one attached hydrogen (secondary N) is 1. The number of benzene rings is 2. The molecule has 0 aliphatic heterocycles. The third kappa shape index (κ3) is 4.06. The molecule has 2 aromatic carbocycles. The van der Waals surface area contributed by atoms with Crippen molar-refractivity contribution in [3.05, 3.63) is 53.2 Å². The Labute approximate surface area is 162 Å². The Morgan fingerprint density at radius 2 is 1.78 bits per heavy atom. The summed E-state index contributed by atoms with van der Waals surface area (Å²) in [6, 6.07) is 10.7. The molecule has 3 rings (SSSR count). The Bertz CT molecular complexity index is 966. The molecule has 0 radical (unpaired) electrons. The van der Waals surface area contributed by atoms with Crippen molar-refractivity contribution in [1.82, 2.24) is 4.98 Å². The normalized spacial score (nSPS) is 10.5. The van der Waals surface area contributed by atoms with Crippen molar-refractivity contribution >= 4 is 34.1 Å². The van der Waals surface area contributed by atoms with Gasteiger partial charge < -0.3 is 19.5 Å². The van der Waals surface area contributed by atoms with E-state index >= 15 is 0 Å². The summed E-state index contributed by atoms with van der Waals surface area (Å²) in [5.41, 5.74) is 1.97. The number of amides is 1. The van der Waals surface area contributed by atoms with Crippen LogP contribution >= 0.6 is 11.6 Å². The van der Waals surface area contributed by atoms with Gasteiger partial charge in [-0.3, -0.25) is 9.78 Å². The molecular formula is C20H19ClN2O4. The molecule has 1 aromatic heterocycles. The average Bonchev–Trinajstić information content (AvgIpc) is 2.66. The Morgan fingerprint density at radius 3 is 2.41 bits per heavy atom. The summed E-state index contributed by atoms with van der Waals surface area (Å²) in [7, 11) is 4.60. The smallest absolute Gasteiger partial charge is 0.228 e. The molecule has 1 heterocycles. The summed E-state index contributed by atoms with van der Waals surface area (Å²) < 4.78 is 16.0. The third-order valence-corrected chi connectivity index (χ3v) is 4.25. The van der Waals surface area contributed by atoms with Crippen molar-refractivity contribution in [1.29, 1.82) is 0 Å². The number of fused-ring (bicyclic) bond motifs is 1. The van der Waals surface area contributed by atoms with Gasteiger partial charge in [-0.2, -0.15) is 0 Å². The third-order valence-electron chi connectivity index (χ3n) is 4.03. The van der Waals surface area contributed by atoms with E-state index in [1.165, 1.54) is 21.3 Å². The summed E-state index contributed by atoms with van der Waals surface area (Å²) in [5.74, 6) is 1.26. The summed E-state index contributed by atoms with van der Waals surface area (Å²) >= 11 is 6.15. The lowest BCUT2D eigenvalue weighted by molar-refractivity contribution is -0.115. The maximum absolute atomic E-state index is 12.6. The maximum Gasteiger partial charge on any atom is 0.228 e. The molecule has 0 saturated carbocycles. The fourth-order valence-electron chi connectivity index (χ4n) is 2.87. The molecule has 0 aliphatic rings. The minimum absolute atomic E-state index is 0.123. The number of carbonyl (C=O) groups is 1. The largest absolute Gasteiger partial charge is 0.493 e. The van der Waals surface area contributed by atoms with Crippen LogP contribution in [0.15, 0.2) is 42.6 Å². The molecule has 3 aromatic rings. The zero-order chi connectivity index (χ0) is 19.4. The Morgan fingerprint density at radius 1 is 1.07 bits per heavy atom. The van der Waals surface area contributed by atoms with Gasteiger partial charge in [0.1, 0.15) is 0 Å². The lowest BCUT2D eigenvalue weighted by atomic mass is 10.1. The second-order valence-corrected chi connectivity index (χ2v) is 6.22. The molecule has 7 heteroatoms. The molecule has 0 bridgehead atoms. The van der Waals surface area contributed by atoms with Crippen LogP contribution in [0, 0.1) is 0 Å². The lowest BCUT2D eigenvalue weighted by Gasteiger charge is -2.14. The van der Waals surface area contributed by atoms with Gasteiger partial charge in [0.25, 0.3) is 0 Å². The molecular weight excluding hydrogens is 368 g/mol. The van der Waals surface area contributed by atoms with Crippen LogP contribution in [0.1, 0.15) is 5.56 Å². The quantitative estimate of drug-likeness (QED) is 0.690. The van der Waals surface area contributed by atoms with Gasteiger partial charge in [0.2, 0.25) is 11.7 Å². The van der Waals surface area contributed by atoms with Gasteiger partial charge in [-0.05, 0) is 35.9 Å². The van der Waals surface area contributed by atoms with Crippen LogP contribution < -0.4 is 19.5 Å². The summed E-state index contributed by atoms with van der Waals surface area (Å²) in [6.45, 7) is 0. The fraction of sp³-hybridized carbons (Fsp3) is 0.200. The number of carbonyl (C=O) groups excluding carboxylic acids is 1. The van der Waals surface area contributed by atoms with Crippen molar-refractivity contribution < 1.29 is 19.0 Å². The van der Waals surface area contributed by atoms with Crippen molar-refractivity contribution in [3.63, 3.8) is 0 Å². The number of rotatable bonds is 6. The molecule has 6 nitrogen and oxygen atoms in total. The first kappa shape index (κ1) is 18.8. The van der Waals surface area contributed by atoms with E-state index in [2.05, 4.69) is 10.3 Å².